The van der Waals surface area contributed by atoms with E-state index in [9.17, 15) is 9.18 Å². The number of carbonyl (C=O) groups excluding carboxylic acids is 1. The highest BCUT2D eigenvalue weighted by Gasteiger charge is 2.22. The molecule has 0 saturated carbocycles. The SMILES string of the molecule is O=C(N[C@@H]1COCNc2ncccc2OC1)c1nn(Cc2ccccc2)cc1F. The fourth-order valence-corrected chi connectivity index (χ4v) is 2.94. The van der Waals surface area contributed by atoms with Crippen molar-refractivity contribution in [3.63, 3.8) is 0 Å². The Morgan fingerprint density at radius 2 is 2.10 bits per heavy atom. The van der Waals surface area contributed by atoms with E-state index in [1.54, 1.807) is 18.3 Å². The van der Waals surface area contributed by atoms with Gasteiger partial charge in [-0.1, -0.05) is 30.3 Å². The first-order chi connectivity index (χ1) is 14.2. The zero-order valence-corrected chi connectivity index (χ0v) is 15.5. The third-order valence-corrected chi connectivity index (χ3v) is 4.33. The van der Waals surface area contributed by atoms with Crippen molar-refractivity contribution in [1.82, 2.24) is 20.1 Å². The maximum Gasteiger partial charge on any atom is 0.275 e. The van der Waals surface area contributed by atoms with Crippen molar-refractivity contribution in [3.8, 4) is 5.75 Å². The van der Waals surface area contributed by atoms with E-state index in [1.807, 2.05) is 30.3 Å². The molecule has 0 bridgehead atoms. The third kappa shape index (κ3) is 4.69. The van der Waals surface area contributed by atoms with Gasteiger partial charge in [-0.05, 0) is 17.7 Å². The van der Waals surface area contributed by atoms with Gasteiger partial charge in [-0.25, -0.2) is 9.37 Å². The first-order valence-electron chi connectivity index (χ1n) is 9.16. The molecule has 9 heteroatoms. The maximum atomic E-state index is 14.3. The highest BCUT2D eigenvalue weighted by molar-refractivity contribution is 5.92. The third-order valence-electron chi connectivity index (χ3n) is 4.33. The van der Waals surface area contributed by atoms with Crippen molar-refractivity contribution < 1.29 is 18.7 Å². The van der Waals surface area contributed by atoms with Gasteiger partial charge in [0.15, 0.2) is 23.1 Å². The van der Waals surface area contributed by atoms with Crippen molar-refractivity contribution in [1.29, 1.82) is 0 Å². The van der Waals surface area contributed by atoms with Gasteiger partial charge < -0.3 is 20.1 Å². The van der Waals surface area contributed by atoms with Crippen LogP contribution in [-0.2, 0) is 11.3 Å². The Kier molecular flexibility index (Phi) is 5.66. The summed E-state index contributed by atoms with van der Waals surface area (Å²) in [6.45, 7) is 0.924. The molecule has 0 unspecified atom stereocenters. The molecule has 3 heterocycles. The number of hydrogen-bond acceptors (Lipinski definition) is 6. The fourth-order valence-electron chi connectivity index (χ4n) is 2.94. The summed E-state index contributed by atoms with van der Waals surface area (Å²) in [4.78, 5) is 16.7. The second-order valence-corrected chi connectivity index (χ2v) is 6.53. The van der Waals surface area contributed by atoms with Gasteiger partial charge in [0.05, 0.1) is 25.4 Å². The number of rotatable bonds is 4. The van der Waals surface area contributed by atoms with E-state index in [0.29, 0.717) is 18.1 Å². The summed E-state index contributed by atoms with van der Waals surface area (Å²) in [6.07, 6.45) is 2.85. The zero-order chi connectivity index (χ0) is 20.1. The lowest BCUT2D eigenvalue weighted by Crippen LogP contribution is -2.42. The number of halogens is 1. The van der Waals surface area contributed by atoms with Gasteiger partial charge in [-0.15, -0.1) is 0 Å². The number of nitrogens with one attached hydrogen (secondary N) is 2. The molecule has 8 nitrogen and oxygen atoms in total. The second-order valence-electron chi connectivity index (χ2n) is 6.53. The van der Waals surface area contributed by atoms with Crippen molar-refractivity contribution >= 4 is 11.7 Å². The number of amides is 1. The van der Waals surface area contributed by atoms with E-state index >= 15 is 0 Å². The molecule has 1 aliphatic rings. The van der Waals surface area contributed by atoms with Gasteiger partial charge in [0.1, 0.15) is 13.3 Å². The Morgan fingerprint density at radius 1 is 1.24 bits per heavy atom. The quantitative estimate of drug-likeness (QED) is 0.700. The summed E-state index contributed by atoms with van der Waals surface area (Å²) in [5, 5.41) is 9.82. The normalized spacial score (nSPS) is 16.4. The first-order valence-corrected chi connectivity index (χ1v) is 9.16. The molecule has 4 rings (SSSR count). The highest BCUT2D eigenvalue weighted by Crippen LogP contribution is 2.21. The smallest absolute Gasteiger partial charge is 0.275 e. The van der Waals surface area contributed by atoms with Crippen LogP contribution in [-0.4, -0.2) is 46.7 Å². The summed E-state index contributed by atoms with van der Waals surface area (Å²) < 4.78 is 26.9. The molecule has 150 valence electrons. The Morgan fingerprint density at radius 3 is 2.97 bits per heavy atom. The first kappa shape index (κ1) is 18.9. The number of carbonyl (C=O) groups is 1. The molecule has 0 aliphatic carbocycles. The lowest BCUT2D eigenvalue weighted by molar-refractivity contribution is 0.0803. The number of ether oxygens (including phenoxy) is 2. The average Bonchev–Trinajstić information content (AvgIpc) is 3.14. The summed E-state index contributed by atoms with van der Waals surface area (Å²) in [6, 6.07) is 12.5. The summed E-state index contributed by atoms with van der Waals surface area (Å²) in [5.41, 5.74) is 0.695. The molecule has 0 radical (unpaired) electrons. The van der Waals surface area contributed by atoms with Gasteiger partial charge >= 0.3 is 0 Å². The highest BCUT2D eigenvalue weighted by atomic mass is 19.1. The van der Waals surface area contributed by atoms with E-state index in [2.05, 4.69) is 20.7 Å². The number of hydrogen-bond donors (Lipinski definition) is 2. The lowest BCUT2D eigenvalue weighted by atomic mass is 10.2. The molecule has 29 heavy (non-hydrogen) atoms. The monoisotopic (exact) mass is 397 g/mol. The second kappa shape index (κ2) is 8.70. The largest absolute Gasteiger partial charge is 0.487 e. The van der Waals surface area contributed by atoms with E-state index in [4.69, 9.17) is 9.47 Å². The Labute approximate surface area is 166 Å². The van der Waals surface area contributed by atoms with Crippen LogP contribution in [0.25, 0.3) is 0 Å². The minimum Gasteiger partial charge on any atom is -0.487 e. The van der Waals surface area contributed by atoms with E-state index in [1.165, 1.54) is 10.9 Å². The van der Waals surface area contributed by atoms with Gasteiger partial charge in [-0.2, -0.15) is 5.10 Å². The van der Waals surface area contributed by atoms with Crippen LogP contribution < -0.4 is 15.4 Å². The van der Waals surface area contributed by atoms with E-state index in [-0.39, 0.29) is 25.6 Å². The fraction of sp³-hybridized carbons (Fsp3) is 0.250. The van der Waals surface area contributed by atoms with Crippen molar-refractivity contribution in [2.45, 2.75) is 12.6 Å². The molecule has 1 atom stereocenters. The molecular weight excluding hydrogens is 377 g/mol. The molecule has 3 aromatic rings. The van der Waals surface area contributed by atoms with Crippen molar-refractivity contribution in [2.24, 2.45) is 0 Å². The van der Waals surface area contributed by atoms with Crippen LogP contribution in [0, 0.1) is 5.82 Å². The van der Waals surface area contributed by atoms with Gasteiger partial charge in [0.2, 0.25) is 0 Å². The Balaban J connectivity index is 1.42. The number of pyridine rings is 1. The van der Waals surface area contributed by atoms with Crippen LogP contribution >= 0.6 is 0 Å². The van der Waals surface area contributed by atoms with E-state index in [0.717, 1.165) is 5.56 Å². The number of aromatic nitrogens is 3. The number of fused-ring (bicyclic) bond motifs is 1. The minimum absolute atomic E-state index is 0.151. The molecule has 1 aromatic carbocycles. The van der Waals surface area contributed by atoms with Crippen LogP contribution in [0.1, 0.15) is 16.1 Å². The zero-order valence-electron chi connectivity index (χ0n) is 15.5. The molecule has 0 saturated heterocycles. The van der Waals surface area contributed by atoms with Crippen LogP contribution in [0.2, 0.25) is 0 Å². The molecule has 0 spiro atoms. The van der Waals surface area contributed by atoms with E-state index < -0.39 is 17.8 Å². The van der Waals surface area contributed by atoms with Crippen molar-refractivity contribution in [2.75, 3.05) is 25.3 Å². The Bertz CT molecular complexity index is 979. The average molecular weight is 397 g/mol. The lowest BCUT2D eigenvalue weighted by Gasteiger charge is -2.17. The number of benzene rings is 1. The molecule has 1 amide bonds. The standard InChI is InChI=1S/C20H20FN5O3/c21-16-10-26(9-14-5-2-1-3-6-14)25-18(16)20(27)24-15-11-28-13-23-19-17(29-12-15)7-4-8-22-19/h1-8,10,15H,9,11-13H2,(H,22,23)(H,24,27)/t15-/m1/s1. The van der Waals surface area contributed by atoms with Gasteiger partial charge in [0, 0.05) is 6.20 Å². The van der Waals surface area contributed by atoms with Crippen molar-refractivity contribution in [3.05, 3.63) is 71.9 Å². The molecule has 2 aromatic heterocycles. The van der Waals surface area contributed by atoms with Gasteiger partial charge in [-0.3, -0.25) is 9.48 Å². The molecule has 0 fully saturated rings. The van der Waals surface area contributed by atoms with Crippen LogP contribution in [0.5, 0.6) is 5.75 Å². The summed E-state index contributed by atoms with van der Waals surface area (Å²) >= 11 is 0. The predicted octanol–water partition coefficient (Wildman–Crippen LogP) is 2.04. The summed E-state index contributed by atoms with van der Waals surface area (Å²) in [5.74, 6) is -0.189. The topological polar surface area (TPSA) is 90.3 Å². The van der Waals surface area contributed by atoms with Crippen LogP contribution in [0.4, 0.5) is 10.2 Å². The Hall–Kier alpha value is -3.46. The van der Waals surface area contributed by atoms with Crippen LogP contribution in [0.15, 0.2) is 54.9 Å². The molecule has 2 N–H and O–H groups in total. The molecular formula is C20H20FN5O3. The number of nitrogens with zero attached hydrogens (tertiary/aromatic N) is 3. The summed E-state index contributed by atoms with van der Waals surface area (Å²) in [7, 11) is 0. The van der Waals surface area contributed by atoms with Gasteiger partial charge in [0.25, 0.3) is 5.91 Å². The maximum absolute atomic E-state index is 14.3. The molecule has 1 aliphatic heterocycles. The van der Waals surface area contributed by atoms with Crippen LogP contribution in [0.3, 0.4) is 0 Å². The minimum atomic E-state index is -0.681. The predicted molar refractivity (Wildman–Crippen MR) is 103 cm³/mol. The number of anilines is 1.